The molecule has 23 heavy (non-hydrogen) atoms. The molecule has 0 bridgehead atoms. The first-order chi connectivity index (χ1) is 11.1. The third-order valence-electron chi connectivity index (χ3n) is 3.82. The van der Waals surface area contributed by atoms with Gasteiger partial charge in [-0.05, 0) is 36.8 Å². The molecule has 1 aliphatic rings. The van der Waals surface area contributed by atoms with Crippen LogP contribution in [-0.2, 0) is 0 Å². The number of carbonyl (C=O) groups is 1. The highest BCUT2D eigenvalue weighted by Gasteiger charge is 2.25. The van der Waals surface area contributed by atoms with E-state index in [4.69, 9.17) is 0 Å². The van der Waals surface area contributed by atoms with Crippen LogP contribution in [0.4, 0.5) is 8.78 Å². The third kappa shape index (κ3) is 3.69. The molecule has 0 spiro atoms. The number of carbonyl (C=O) groups excluding carboxylic acids is 1. The molecule has 1 aromatic heterocycles. The van der Waals surface area contributed by atoms with Gasteiger partial charge in [-0.3, -0.25) is 9.78 Å². The number of rotatable bonds is 2. The lowest BCUT2D eigenvalue weighted by Crippen LogP contribution is -2.33. The number of halogens is 2. The highest BCUT2D eigenvalue weighted by atomic mass is 32.2. The first-order valence-corrected chi connectivity index (χ1v) is 8.47. The van der Waals surface area contributed by atoms with E-state index in [2.05, 4.69) is 4.98 Å². The molecule has 0 saturated carbocycles. The van der Waals surface area contributed by atoms with Gasteiger partial charge in [-0.15, -0.1) is 0 Å². The van der Waals surface area contributed by atoms with Crippen molar-refractivity contribution in [3.63, 3.8) is 0 Å². The van der Waals surface area contributed by atoms with Crippen LogP contribution in [0.1, 0.15) is 27.7 Å². The SMILES string of the molecule is O=C(c1ccccn1)N1CCS[C@H](c2cc(F)ccc2F)CC1. The molecule has 1 saturated heterocycles. The Balaban J connectivity index is 1.72. The molecule has 1 aromatic carbocycles. The molecule has 1 atom stereocenters. The summed E-state index contributed by atoms with van der Waals surface area (Å²) >= 11 is 1.56. The summed E-state index contributed by atoms with van der Waals surface area (Å²) < 4.78 is 27.3. The Morgan fingerprint density at radius 2 is 2.09 bits per heavy atom. The third-order valence-corrected chi connectivity index (χ3v) is 5.13. The molecule has 1 fully saturated rings. The van der Waals surface area contributed by atoms with Crippen molar-refractivity contribution in [2.75, 3.05) is 18.8 Å². The lowest BCUT2D eigenvalue weighted by Gasteiger charge is -2.20. The smallest absolute Gasteiger partial charge is 0.272 e. The molecule has 0 N–H and O–H groups in total. The average molecular weight is 334 g/mol. The fourth-order valence-corrected chi connectivity index (χ4v) is 3.88. The van der Waals surface area contributed by atoms with Gasteiger partial charge in [-0.25, -0.2) is 8.78 Å². The molecule has 1 amide bonds. The average Bonchev–Trinajstić information content (AvgIpc) is 2.83. The minimum Gasteiger partial charge on any atom is -0.336 e. The summed E-state index contributed by atoms with van der Waals surface area (Å²) in [5.41, 5.74) is 0.787. The number of pyridine rings is 1. The van der Waals surface area contributed by atoms with Crippen LogP contribution in [0.15, 0.2) is 42.6 Å². The van der Waals surface area contributed by atoms with Crippen molar-refractivity contribution in [3.05, 3.63) is 65.5 Å². The Bertz CT molecular complexity index is 696. The van der Waals surface area contributed by atoms with Crippen LogP contribution in [0.3, 0.4) is 0 Å². The lowest BCUT2D eigenvalue weighted by molar-refractivity contribution is 0.0760. The summed E-state index contributed by atoms with van der Waals surface area (Å²) in [4.78, 5) is 18.2. The normalized spacial score (nSPS) is 18.5. The second kappa shape index (κ2) is 7.08. The van der Waals surface area contributed by atoms with E-state index in [0.717, 1.165) is 12.1 Å². The summed E-state index contributed by atoms with van der Waals surface area (Å²) in [6.07, 6.45) is 2.17. The molecule has 3 nitrogen and oxygen atoms in total. The lowest BCUT2D eigenvalue weighted by atomic mass is 10.1. The van der Waals surface area contributed by atoms with E-state index in [9.17, 15) is 13.6 Å². The molecule has 2 aromatic rings. The maximum absolute atomic E-state index is 13.9. The topological polar surface area (TPSA) is 33.2 Å². The zero-order valence-electron chi connectivity index (χ0n) is 12.4. The summed E-state index contributed by atoms with van der Waals surface area (Å²) in [7, 11) is 0. The van der Waals surface area contributed by atoms with Gasteiger partial charge >= 0.3 is 0 Å². The molecule has 3 rings (SSSR count). The second-order valence-electron chi connectivity index (χ2n) is 5.32. The van der Waals surface area contributed by atoms with Gasteiger partial charge in [0, 0.05) is 35.9 Å². The van der Waals surface area contributed by atoms with E-state index in [1.807, 2.05) is 0 Å². The van der Waals surface area contributed by atoms with Crippen molar-refractivity contribution in [1.82, 2.24) is 9.88 Å². The number of aromatic nitrogens is 1. The molecule has 6 heteroatoms. The van der Waals surface area contributed by atoms with Crippen molar-refractivity contribution in [2.45, 2.75) is 11.7 Å². The van der Waals surface area contributed by atoms with E-state index >= 15 is 0 Å². The predicted octanol–water partition coefficient (Wildman–Crippen LogP) is 3.68. The van der Waals surface area contributed by atoms with E-state index in [1.165, 1.54) is 6.07 Å². The molecular weight excluding hydrogens is 318 g/mol. The van der Waals surface area contributed by atoms with Gasteiger partial charge in [-0.1, -0.05) is 6.07 Å². The van der Waals surface area contributed by atoms with Crippen molar-refractivity contribution in [1.29, 1.82) is 0 Å². The van der Waals surface area contributed by atoms with Gasteiger partial charge in [0.15, 0.2) is 0 Å². The van der Waals surface area contributed by atoms with Crippen molar-refractivity contribution in [3.8, 4) is 0 Å². The van der Waals surface area contributed by atoms with Crippen LogP contribution in [-0.4, -0.2) is 34.6 Å². The highest BCUT2D eigenvalue weighted by molar-refractivity contribution is 7.99. The van der Waals surface area contributed by atoms with Gasteiger partial charge < -0.3 is 4.90 Å². The molecular formula is C17H16F2N2OS. The van der Waals surface area contributed by atoms with E-state index in [-0.39, 0.29) is 11.2 Å². The number of amides is 1. The van der Waals surface area contributed by atoms with Crippen LogP contribution < -0.4 is 0 Å². The fraction of sp³-hybridized carbons (Fsp3) is 0.294. The zero-order valence-corrected chi connectivity index (χ0v) is 13.2. The Morgan fingerprint density at radius 1 is 1.22 bits per heavy atom. The standard InChI is InChI=1S/C17H16F2N2OS/c18-12-4-5-14(19)13(11-12)16-6-8-21(9-10-23-16)17(22)15-3-1-2-7-20-15/h1-5,7,11,16H,6,8-10H2/t16-/m0/s1. The molecule has 0 unspecified atom stereocenters. The van der Waals surface area contributed by atoms with Gasteiger partial charge in [0.05, 0.1) is 0 Å². The Labute approximate surface area is 137 Å². The number of benzene rings is 1. The molecule has 0 aliphatic carbocycles. The summed E-state index contributed by atoms with van der Waals surface area (Å²) in [6, 6.07) is 8.76. The molecule has 2 heterocycles. The zero-order chi connectivity index (χ0) is 16.2. The molecule has 120 valence electrons. The summed E-state index contributed by atoms with van der Waals surface area (Å²) in [5.74, 6) is -0.272. The maximum atomic E-state index is 13.9. The van der Waals surface area contributed by atoms with Crippen LogP contribution in [0.2, 0.25) is 0 Å². The van der Waals surface area contributed by atoms with E-state index in [1.54, 1.807) is 41.1 Å². The maximum Gasteiger partial charge on any atom is 0.272 e. The van der Waals surface area contributed by atoms with Crippen LogP contribution in [0, 0.1) is 11.6 Å². The molecule has 1 aliphatic heterocycles. The Kier molecular flexibility index (Phi) is 4.91. The highest BCUT2D eigenvalue weighted by Crippen LogP contribution is 2.36. The van der Waals surface area contributed by atoms with Gasteiger partial charge in [-0.2, -0.15) is 11.8 Å². The fourth-order valence-electron chi connectivity index (χ4n) is 2.63. The molecule has 0 radical (unpaired) electrons. The number of hydrogen-bond acceptors (Lipinski definition) is 3. The minimum absolute atomic E-state index is 0.119. The van der Waals surface area contributed by atoms with Crippen molar-refractivity contribution >= 4 is 17.7 Å². The summed E-state index contributed by atoms with van der Waals surface area (Å²) in [5, 5.41) is -0.146. The number of hydrogen-bond donors (Lipinski definition) is 0. The van der Waals surface area contributed by atoms with Crippen molar-refractivity contribution < 1.29 is 13.6 Å². The van der Waals surface area contributed by atoms with Crippen LogP contribution >= 0.6 is 11.8 Å². The minimum atomic E-state index is -0.437. The largest absolute Gasteiger partial charge is 0.336 e. The second-order valence-corrected chi connectivity index (χ2v) is 6.63. The number of nitrogens with zero attached hydrogens (tertiary/aromatic N) is 2. The van der Waals surface area contributed by atoms with Crippen LogP contribution in [0.5, 0.6) is 0 Å². The van der Waals surface area contributed by atoms with Gasteiger partial charge in [0.2, 0.25) is 0 Å². The van der Waals surface area contributed by atoms with Gasteiger partial charge in [0.1, 0.15) is 17.3 Å². The quantitative estimate of drug-likeness (QED) is 0.840. The number of thioether (sulfide) groups is 1. The monoisotopic (exact) mass is 334 g/mol. The van der Waals surface area contributed by atoms with E-state index in [0.29, 0.717) is 36.5 Å². The predicted molar refractivity (Wildman–Crippen MR) is 86.3 cm³/mol. The Hall–Kier alpha value is -1.95. The van der Waals surface area contributed by atoms with Crippen LogP contribution in [0.25, 0.3) is 0 Å². The summed E-state index contributed by atoms with van der Waals surface area (Å²) in [6.45, 7) is 1.08. The van der Waals surface area contributed by atoms with Crippen molar-refractivity contribution in [2.24, 2.45) is 0 Å². The van der Waals surface area contributed by atoms with Gasteiger partial charge in [0.25, 0.3) is 5.91 Å². The Morgan fingerprint density at radius 3 is 2.87 bits per heavy atom. The first kappa shape index (κ1) is 15.9. The first-order valence-electron chi connectivity index (χ1n) is 7.42. The van der Waals surface area contributed by atoms with E-state index < -0.39 is 11.6 Å².